The predicted molar refractivity (Wildman–Crippen MR) is 278 cm³/mol. The van der Waals surface area contributed by atoms with Gasteiger partial charge >= 0.3 is 0 Å². The fraction of sp³-hybridized carbons (Fsp3) is 0. The van der Waals surface area contributed by atoms with E-state index in [1.807, 2.05) is 12.1 Å². The van der Waals surface area contributed by atoms with E-state index < -0.39 is 0 Å². The van der Waals surface area contributed by atoms with Crippen LogP contribution in [0.3, 0.4) is 0 Å². The third-order valence-corrected chi connectivity index (χ3v) is 12.8. The van der Waals surface area contributed by atoms with Crippen molar-refractivity contribution in [1.82, 2.24) is 4.57 Å². The summed E-state index contributed by atoms with van der Waals surface area (Å²) >= 11 is 0. The third-order valence-electron chi connectivity index (χ3n) is 12.8. The first kappa shape index (κ1) is 38.7. The topological polar surface area (TPSA) is 8.17 Å². The molecule has 0 saturated carbocycles. The van der Waals surface area contributed by atoms with Crippen molar-refractivity contribution in [2.24, 2.45) is 0 Å². The molecule has 0 spiro atoms. The van der Waals surface area contributed by atoms with Crippen molar-refractivity contribution >= 4 is 49.6 Å². The first-order valence-corrected chi connectivity index (χ1v) is 22.5. The van der Waals surface area contributed by atoms with Crippen molar-refractivity contribution in [3.8, 4) is 61.3 Å². The Labute approximate surface area is 385 Å². The van der Waals surface area contributed by atoms with E-state index in [2.05, 4.69) is 264 Å². The normalized spacial score (nSPS) is 11.2. The van der Waals surface area contributed by atoms with Crippen LogP contribution in [0.1, 0.15) is 0 Å². The smallest absolute Gasteiger partial charge is 0.0547 e. The van der Waals surface area contributed by atoms with Crippen LogP contribution in [-0.4, -0.2) is 4.57 Å². The molecule has 308 valence electrons. The van der Waals surface area contributed by atoms with Crippen molar-refractivity contribution in [2.45, 2.75) is 0 Å². The Bertz CT molecular complexity index is 3600. The standard InChI is InChI=1S/C64H42N2/c1-4-17-45(18-5-1)51-41-52(46-19-6-2-7-20-46)43-53(42-51)47-33-37-55(38-34-47)65(56-39-35-49(36-40-56)59-29-15-22-48-21-10-11-27-58(48)59)57-26-14-23-50(44-57)60-30-16-32-63-64(60)61-28-12-13-31-62(61)66(63)54-24-8-3-9-25-54/h1-6,8-19,21-44H. The van der Waals surface area contributed by atoms with Crippen LogP contribution < -0.4 is 4.90 Å². The number of fused-ring (bicyclic) bond motifs is 4. The maximum atomic E-state index is 3.34. The Hall–Kier alpha value is -8.90. The van der Waals surface area contributed by atoms with Gasteiger partial charge in [0.05, 0.1) is 11.0 Å². The van der Waals surface area contributed by atoms with E-state index >= 15 is 0 Å². The van der Waals surface area contributed by atoms with Crippen LogP contribution in [0.5, 0.6) is 0 Å². The van der Waals surface area contributed by atoms with Crippen LogP contribution in [-0.2, 0) is 0 Å². The Morgan fingerprint density at radius 1 is 0.333 bits per heavy atom. The van der Waals surface area contributed by atoms with Crippen LogP contribution in [0.2, 0.25) is 0 Å². The fourth-order valence-corrected chi connectivity index (χ4v) is 9.71. The molecule has 2 heteroatoms. The summed E-state index contributed by atoms with van der Waals surface area (Å²) in [6, 6.07) is 98.3. The second-order valence-electron chi connectivity index (χ2n) is 16.8. The highest BCUT2D eigenvalue weighted by Gasteiger charge is 2.19. The molecule has 0 aliphatic heterocycles. The monoisotopic (exact) mass is 838 g/mol. The van der Waals surface area contributed by atoms with Gasteiger partial charge in [-0.05, 0) is 152 Å². The Morgan fingerprint density at radius 2 is 0.909 bits per heavy atom. The molecule has 12 aromatic rings. The molecule has 0 amide bonds. The lowest BCUT2D eigenvalue weighted by Crippen LogP contribution is -2.10. The minimum absolute atomic E-state index is 1.02. The highest BCUT2D eigenvalue weighted by Crippen LogP contribution is 2.43. The van der Waals surface area contributed by atoms with Gasteiger partial charge in [0.2, 0.25) is 0 Å². The highest BCUT2D eigenvalue weighted by molar-refractivity contribution is 6.16. The van der Waals surface area contributed by atoms with Gasteiger partial charge in [-0.25, -0.2) is 0 Å². The van der Waals surface area contributed by atoms with Crippen LogP contribution in [0, 0.1) is 12.1 Å². The number of rotatable bonds is 9. The van der Waals surface area contributed by atoms with Gasteiger partial charge in [0.25, 0.3) is 0 Å². The largest absolute Gasteiger partial charge is 0.310 e. The minimum atomic E-state index is 1.02. The second kappa shape index (κ2) is 16.7. The molecule has 12 rings (SSSR count). The minimum Gasteiger partial charge on any atom is -0.310 e. The first-order valence-electron chi connectivity index (χ1n) is 22.5. The number of aromatic nitrogens is 1. The maximum absolute atomic E-state index is 3.34. The number of para-hydroxylation sites is 2. The van der Waals surface area contributed by atoms with Crippen LogP contribution in [0.4, 0.5) is 17.1 Å². The summed E-state index contributed by atoms with van der Waals surface area (Å²) in [5, 5.41) is 4.96. The summed E-state index contributed by atoms with van der Waals surface area (Å²) < 4.78 is 2.39. The second-order valence-corrected chi connectivity index (χ2v) is 16.8. The van der Waals surface area contributed by atoms with Crippen LogP contribution >= 0.6 is 0 Å². The molecule has 0 aliphatic carbocycles. The Balaban J connectivity index is 0.993. The lowest BCUT2D eigenvalue weighted by Gasteiger charge is -2.26. The molecule has 2 nitrogen and oxygen atoms in total. The lowest BCUT2D eigenvalue weighted by molar-refractivity contribution is 1.18. The van der Waals surface area contributed by atoms with Gasteiger partial charge in [-0.15, -0.1) is 0 Å². The molecule has 0 aliphatic rings. The van der Waals surface area contributed by atoms with Crippen molar-refractivity contribution in [3.63, 3.8) is 0 Å². The molecular formula is C64H42N2. The van der Waals surface area contributed by atoms with E-state index in [1.54, 1.807) is 0 Å². The van der Waals surface area contributed by atoms with Gasteiger partial charge in [0.1, 0.15) is 0 Å². The van der Waals surface area contributed by atoms with E-state index in [-0.39, 0.29) is 0 Å². The number of benzene rings is 10. The van der Waals surface area contributed by atoms with E-state index in [4.69, 9.17) is 0 Å². The van der Waals surface area contributed by atoms with E-state index in [0.29, 0.717) is 0 Å². The van der Waals surface area contributed by atoms with E-state index in [0.717, 1.165) is 56.1 Å². The summed E-state index contributed by atoms with van der Waals surface area (Å²) in [6.07, 6.45) is 0. The fourth-order valence-electron chi connectivity index (χ4n) is 9.71. The summed E-state index contributed by atoms with van der Waals surface area (Å²) in [6.45, 7) is 0. The van der Waals surface area contributed by atoms with Crippen LogP contribution in [0.25, 0.3) is 93.9 Å². The van der Waals surface area contributed by atoms with Gasteiger partial charge in [0.15, 0.2) is 0 Å². The van der Waals surface area contributed by atoms with Gasteiger partial charge in [-0.3, -0.25) is 0 Å². The van der Waals surface area contributed by atoms with Crippen molar-refractivity contribution in [2.75, 3.05) is 4.90 Å². The average Bonchev–Trinajstić information content (AvgIpc) is 3.74. The summed E-state index contributed by atoms with van der Waals surface area (Å²) in [5.74, 6) is 0. The molecule has 1 heterocycles. The lowest BCUT2D eigenvalue weighted by atomic mass is 9.93. The van der Waals surface area contributed by atoms with Crippen molar-refractivity contribution < 1.29 is 0 Å². The number of hydrogen-bond donors (Lipinski definition) is 0. The van der Waals surface area contributed by atoms with E-state index in [1.165, 1.54) is 54.8 Å². The first-order chi connectivity index (χ1) is 32.7. The molecule has 1 aromatic heterocycles. The average molecular weight is 839 g/mol. The molecule has 0 radical (unpaired) electrons. The molecule has 11 aromatic carbocycles. The van der Waals surface area contributed by atoms with Gasteiger partial charge in [-0.2, -0.15) is 0 Å². The SMILES string of the molecule is c1cccc(-c2cc(-c3ccccc3)cc(-c3ccc(N(c4ccc(-c5cccc6ccccc56)cc4)c4cccc(-c5cccc6c5c5ccccc5n6-c5ccccc5)c4)cc3)c2)c#1. The van der Waals surface area contributed by atoms with E-state index in [9.17, 15) is 0 Å². The molecule has 0 unspecified atom stereocenters. The summed E-state index contributed by atoms with van der Waals surface area (Å²) in [5.41, 5.74) is 18.3. The zero-order valence-corrected chi connectivity index (χ0v) is 36.1. The highest BCUT2D eigenvalue weighted by atomic mass is 15.1. The Kier molecular flexibility index (Phi) is 9.78. The summed E-state index contributed by atoms with van der Waals surface area (Å²) in [4.78, 5) is 2.38. The zero-order chi connectivity index (χ0) is 43.8. The molecular weight excluding hydrogens is 797 g/mol. The molecule has 0 bridgehead atoms. The zero-order valence-electron chi connectivity index (χ0n) is 36.1. The molecule has 66 heavy (non-hydrogen) atoms. The Morgan fingerprint density at radius 3 is 1.67 bits per heavy atom. The van der Waals surface area contributed by atoms with Crippen molar-refractivity contribution in [3.05, 3.63) is 267 Å². The molecule has 0 fully saturated rings. The maximum Gasteiger partial charge on any atom is 0.0547 e. The van der Waals surface area contributed by atoms with Crippen molar-refractivity contribution in [1.29, 1.82) is 0 Å². The summed E-state index contributed by atoms with van der Waals surface area (Å²) in [7, 11) is 0. The quantitative estimate of drug-likeness (QED) is 0.141. The number of nitrogens with zero attached hydrogens (tertiary/aromatic N) is 2. The number of anilines is 3. The van der Waals surface area contributed by atoms with Crippen LogP contribution in [0.15, 0.2) is 255 Å². The van der Waals surface area contributed by atoms with Gasteiger partial charge < -0.3 is 9.47 Å². The molecule has 0 atom stereocenters. The number of hydrogen-bond acceptors (Lipinski definition) is 1. The predicted octanol–water partition coefficient (Wildman–Crippen LogP) is 17.3. The van der Waals surface area contributed by atoms with Gasteiger partial charge in [0, 0.05) is 39.1 Å². The molecule has 0 N–H and O–H groups in total. The molecule has 0 saturated heterocycles. The van der Waals surface area contributed by atoms with Gasteiger partial charge in [-0.1, -0.05) is 176 Å². The third kappa shape index (κ3) is 7.06.